The van der Waals surface area contributed by atoms with Crippen LogP contribution in [0, 0.1) is 11.6 Å². The molecule has 0 aliphatic heterocycles. The van der Waals surface area contributed by atoms with E-state index in [0.717, 1.165) is 0 Å². The highest BCUT2D eigenvalue weighted by Gasteiger charge is 2.15. The summed E-state index contributed by atoms with van der Waals surface area (Å²) in [7, 11) is 0. The first-order valence-electron chi connectivity index (χ1n) is 5.18. The molecule has 0 amide bonds. The lowest BCUT2D eigenvalue weighted by atomic mass is 9.99. The molecule has 0 aliphatic rings. The van der Waals surface area contributed by atoms with Crippen LogP contribution in [0.15, 0.2) is 48.5 Å². The molecular formula is C13H12F2N2. The lowest BCUT2D eigenvalue weighted by Crippen LogP contribution is -2.29. The number of nitrogens with two attached hydrogens (primary N) is 1. The number of hydrogen-bond acceptors (Lipinski definition) is 2. The van der Waals surface area contributed by atoms with Crippen LogP contribution in [0.25, 0.3) is 0 Å². The summed E-state index contributed by atoms with van der Waals surface area (Å²) in [5.74, 6) is 4.75. The van der Waals surface area contributed by atoms with Crippen LogP contribution in [0.3, 0.4) is 0 Å². The van der Waals surface area contributed by atoms with Crippen LogP contribution in [0.5, 0.6) is 0 Å². The minimum atomic E-state index is -0.489. The quantitative estimate of drug-likeness (QED) is 0.632. The van der Waals surface area contributed by atoms with E-state index in [-0.39, 0.29) is 11.6 Å². The van der Waals surface area contributed by atoms with E-state index >= 15 is 0 Å². The predicted octanol–water partition coefficient (Wildman–Crippen LogP) is 2.52. The van der Waals surface area contributed by atoms with E-state index in [9.17, 15) is 8.78 Å². The summed E-state index contributed by atoms with van der Waals surface area (Å²) < 4.78 is 26.4. The highest BCUT2D eigenvalue weighted by Crippen LogP contribution is 2.23. The van der Waals surface area contributed by atoms with Crippen molar-refractivity contribution in [2.75, 3.05) is 0 Å². The van der Waals surface area contributed by atoms with Crippen molar-refractivity contribution in [1.29, 1.82) is 0 Å². The topological polar surface area (TPSA) is 38.0 Å². The van der Waals surface area contributed by atoms with Gasteiger partial charge in [-0.05, 0) is 23.8 Å². The van der Waals surface area contributed by atoms with Gasteiger partial charge in [-0.25, -0.2) is 14.2 Å². The molecule has 0 saturated carbocycles. The Kier molecular flexibility index (Phi) is 3.46. The van der Waals surface area contributed by atoms with Gasteiger partial charge in [0.25, 0.3) is 0 Å². The van der Waals surface area contributed by atoms with E-state index in [2.05, 4.69) is 5.43 Å². The van der Waals surface area contributed by atoms with Crippen molar-refractivity contribution in [2.24, 2.45) is 5.84 Å². The molecule has 2 aromatic carbocycles. The standard InChI is InChI=1S/C13H12F2N2/c14-10-7-5-9(6-8-10)13(17-16)11-3-1-2-4-12(11)15/h1-8,13,17H,16H2/t13-/m1/s1. The van der Waals surface area contributed by atoms with Crippen LogP contribution in [0.1, 0.15) is 17.2 Å². The van der Waals surface area contributed by atoms with Crippen molar-refractivity contribution >= 4 is 0 Å². The van der Waals surface area contributed by atoms with Crippen LogP contribution < -0.4 is 11.3 Å². The fraction of sp³-hybridized carbons (Fsp3) is 0.0769. The zero-order valence-electron chi connectivity index (χ0n) is 9.03. The second-order valence-electron chi connectivity index (χ2n) is 3.67. The van der Waals surface area contributed by atoms with Gasteiger partial charge in [0.05, 0.1) is 6.04 Å². The first kappa shape index (κ1) is 11.7. The second kappa shape index (κ2) is 5.03. The Morgan fingerprint density at radius 2 is 1.59 bits per heavy atom. The van der Waals surface area contributed by atoms with Crippen molar-refractivity contribution in [3.05, 3.63) is 71.3 Å². The van der Waals surface area contributed by atoms with Crippen LogP contribution in [0.2, 0.25) is 0 Å². The van der Waals surface area contributed by atoms with E-state index < -0.39 is 6.04 Å². The normalized spacial score (nSPS) is 12.4. The Hall–Kier alpha value is -1.78. The molecule has 2 nitrogen and oxygen atoms in total. The molecule has 2 rings (SSSR count). The molecule has 2 aromatic rings. The first-order chi connectivity index (χ1) is 8.22. The predicted molar refractivity (Wildman–Crippen MR) is 62.0 cm³/mol. The number of hydrogen-bond donors (Lipinski definition) is 2. The van der Waals surface area contributed by atoms with Crippen LogP contribution in [-0.2, 0) is 0 Å². The maximum atomic E-state index is 13.6. The zero-order valence-corrected chi connectivity index (χ0v) is 9.03. The molecule has 0 unspecified atom stereocenters. The van der Waals surface area contributed by atoms with Gasteiger partial charge in [-0.15, -0.1) is 0 Å². The molecule has 0 fully saturated rings. The molecule has 0 aliphatic carbocycles. The molecule has 0 radical (unpaired) electrons. The summed E-state index contributed by atoms with van der Waals surface area (Å²) in [6, 6.07) is 11.6. The first-order valence-corrected chi connectivity index (χ1v) is 5.18. The van der Waals surface area contributed by atoms with Gasteiger partial charge in [0, 0.05) is 5.56 Å². The second-order valence-corrected chi connectivity index (χ2v) is 3.67. The van der Waals surface area contributed by atoms with Crippen molar-refractivity contribution < 1.29 is 8.78 Å². The van der Waals surface area contributed by atoms with E-state index in [4.69, 9.17) is 5.84 Å². The van der Waals surface area contributed by atoms with Crippen molar-refractivity contribution in [2.45, 2.75) is 6.04 Å². The average Bonchev–Trinajstić information content (AvgIpc) is 2.35. The molecule has 1 atom stereocenters. The number of benzene rings is 2. The van der Waals surface area contributed by atoms with Crippen LogP contribution in [-0.4, -0.2) is 0 Å². The third kappa shape index (κ3) is 2.49. The van der Waals surface area contributed by atoms with Crippen molar-refractivity contribution in [3.63, 3.8) is 0 Å². The monoisotopic (exact) mass is 234 g/mol. The van der Waals surface area contributed by atoms with Crippen LogP contribution >= 0.6 is 0 Å². The van der Waals surface area contributed by atoms with Crippen LogP contribution in [0.4, 0.5) is 8.78 Å². The fourth-order valence-corrected chi connectivity index (χ4v) is 1.73. The van der Waals surface area contributed by atoms with Gasteiger partial charge in [0.1, 0.15) is 11.6 Å². The molecule has 0 heterocycles. The van der Waals surface area contributed by atoms with Gasteiger partial charge in [-0.2, -0.15) is 0 Å². The number of hydrazine groups is 1. The maximum absolute atomic E-state index is 13.6. The smallest absolute Gasteiger partial charge is 0.128 e. The SMILES string of the molecule is NN[C@H](c1ccc(F)cc1)c1ccccc1F. The average molecular weight is 234 g/mol. The number of halogens is 2. The largest absolute Gasteiger partial charge is 0.271 e. The van der Waals surface area contributed by atoms with Gasteiger partial charge < -0.3 is 0 Å². The van der Waals surface area contributed by atoms with E-state index in [0.29, 0.717) is 11.1 Å². The summed E-state index contributed by atoms with van der Waals surface area (Å²) in [5, 5.41) is 0. The van der Waals surface area contributed by atoms with Crippen molar-refractivity contribution in [1.82, 2.24) is 5.43 Å². The summed E-state index contributed by atoms with van der Waals surface area (Å²) in [5.41, 5.74) is 3.67. The Morgan fingerprint density at radius 3 is 2.18 bits per heavy atom. The minimum Gasteiger partial charge on any atom is -0.271 e. The lowest BCUT2D eigenvalue weighted by Gasteiger charge is -2.17. The Balaban J connectivity index is 2.40. The number of rotatable bonds is 3. The Labute approximate surface area is 98.0 Å². The molecule has 3 N–H and O–H groups in total. The third-order valence-electron chi connectivity index (χ3n) is 2.59. The Morgan fingerprint density at radius 1 is 0.941 bits per heavy atom. The van der Waals surface area contributed by atoms with Gasteiger partial charge in [-0.1, -0.05) is 30.3 Å². The Bertz CT molecular complexity index is 497. The van der Waals surface area contributed by atoms with E-state index in [1.807, 2.05) is 0 Å². The van der Waals surface area contributed by atoms with E-state index in [1.54, 1.807) is 30.3 Å². The minimum absolute atomic E-state index is 0.335. The zero-order chi connectivity index (χ0) is 12.3. The maximum Gasteiger partial charge on any atom is 0.128 e. The number of nitrogens with one attached hydrogen (secondary N) is 1. The molecule has 4 heteroatoms. The van der Waals surface area contributed by atoms with Gasteiger partial charge in [0.15, 0.2) is 0 Å². The summed E-state index contributed by atoms with van der Waals surface area (Å²) in [4.78, 5) is 0. The molecule has 0 aromatic heterocycles. The summed E-state index contributed by atoms with van der Waals surface area (Å²) in [6.07, 6.45) is 0. The molecule has 88 valence electrons. The molecule has 0 spiro atoms. The van der Waals surface area contributed by atoms with Crippen molar-refractivity contribution in [3.8, 4) is 0 Å². The third-order valence-corrected chi connectivity index (χ3v) is 2.59. The summed E-state index contributed by atoms with van der Waals surface area (Å²) >= 11 is 0. The molecule has 17 heavy (non-hydrogen) atoms. The summed E-state index contributed by atoms with van der Waals surface area (Å²) in [6.45, 7) is 0. The molecule has 0 bridgehead atoms. The molecule has 0 saturated heterocycles. The highest BCUT2D eigenvalue weighted by molar-refractivity contribution is 5.32. The van der Waals surface area contributed by atoms with Gasteiger partial charge >= 0.3 is 0 Å². The van der Waals surface area contributed by atoms with E-state index in [1.165, 1.54) is 18.2 Å². The highest BCUT2D eigenvalue weighted by atomic mass is 19.1. The molecular weight excluding hydrogens is 222 g/mol. The van der Waals surface area contributed by atoms with Gasteiger partial charge in [0.2, 0.25) is 0 Å². The lowest BCUT2D eigenvalue weighted by molar-refractivity contribution is 0.559. The van der Waals surface area contributed by atoms with Gasteiger partial charge in [-0.3, -0.25) is 5.84 Å². The fourth-order valence-electron chi connectivity index (χ4n) is 1.73.